The van der Waals surface area contributed by atoms with Gasteiger partial charge < -0.3 is 10.6 Å². The number of carbonyl (C=O) groups excluding carboxylic acids is 1. The average Bonchev–Trinajstić information content (AvgIpc) is 2.82. The molecule has 19 heavy (non-hydrogen) atoms. The van der Waals surface area contributed by atoms with Gasteiger partial charge in [0.15, 0.2) is 0 Å². The van der Waals surface area contributed by atoms with Crippen molar-refractivity contribution in [1.29, 1.82) is 0 Å². The summed E-state index contributed by atoms with van der Waals surface area (Å²) in [5.41, 5.74) is 0.688. The highest BCUT2D eigenvalue weighted by Gasteiger charge is 2.23. The third-order valence-electron chi connectivity index (χ3n) is 3.61. The van der Waals surface area contributed by atoms with Crippen molar-refractivity contribution in [3.8, 4) is 0 Å². The Balaban J connectivity index is 1.94. The molecule has 4 heteroatoms. The molecule has 1 aliphatic carbocycles. The van der Waals surface area contributed by atoms with Gasteiger partial charge in [0, 0.05) is 24.3 Å². The minimum atomic E-state index is 0.0149. The van der Waals surface area contributed by atoms with Crippen LogP contribution >= 0.6 is 0 Å². The third kappa shape index (κ3) is 3.94. The summed E-state index contributed by atoms with van der Waals surface area (Å²) in [7, 11) is 0. The quantitative estimate of drug-likeness (QED) is 0.857. The van der Waals surface area contributed by atoms with E-state index in [1.165, 1.54) is 6.42 Å². The van der Waals surface area contributed by atoms with Crippen LogP contribution in [0.15, 0.2) is 18.3 Å². The molecule has 0 aromatic carbocycles. The molecule has 2 rings (SSSR count). The Labute approximate surface area is 115 Å². The van der Waals surface area contributed by atoms with Crippen molar-refractivity contribution in [2.24, 2.45) is 5.92 Å². The molecule has 2 N–H and O–H groups in total. The van der Waals surface area contributed by atoms with Gasteiger partial charge in [0.05, 0.1) is 0 Å². The number of anilines is 1. The summed E-state index contributed by atoms with van der Waals surface area (Å²) in [4.78, 5) is 16.4. The normalized spacial score (nSPS) is 22.2. The first-order valence-electron chi connectivity index (χ1n) is 7.19. The lowest BCUT2D eigenvalue weighted by Crippen LogP contribution is -2.32. The molecule has 1 heterocycles. The predicted octanol–water partition coefficient (Wildman–Crippen LogP) is 2.82. The zero-order valence-electron chi connectivity index (χ0n) is 11.8. The number of nitrogens with one attached hydrogen (secondary N) is 2. The van der Waals surface area contributed by atoms with E-state index in [0.717, 1.165) is 37.5 Å². The number of rotatable bonds is 5. The Hall–Kier alpha value is -1.58. The number of hydrogen-bond donors (Lipinski definition) is 2. The fourth-order valence-corrected chi connectivity index (χ4v) is 2.53. The number of nitrogens with zero attached hydrogens (tertiary/aromatic N) is 1. The van der Waals surface area contributed by atoms with Gasteiger partial charge in [-0.05, 0) is 43.7 Å². The summed E-state index contributed by atoms with van der Waals surface area (Å²) in [5.74, 6) is 1.51. The molecular formula is C15H23N3O. The molecule has 0 spiro atoms. The van der Waals surface area contributed by atoms with Crippen LogP contribution in [0.3, 0.4) is 0 Å². The molecule has 2 atom stereocenters. The fourth-order valence-electron chi connectivity index (χ4n) is 2.53. The van der Waals surface area contributed by atoms with E-state index in [9.17, 15) is 4.79 Å². The van der Waals surface area contributed by atoms with Crippen LogP contribution in [0.1, 0.15) is 49.9 Å². The fraction of sp³-hybridized carbons (Fsp3) is 0.600. The van der Waals surface area contributed by atoms with Crippen LogP contribution in [0.25, 0.3) is 0 Å². The molecule has 1 saturated carbocycles. The average molecular weight is 261 g/mol. The second kappa shape index (κ2) is 6.55. The van der Waals surface area contributed by atoms with Gasteiger partial charge in [0.2, 0.25) is 0 Å². The topological polar surface area (TPSA) is 54.0 Å². The van der Waals surface area contributed by atoms with Crippen molar-refractivity contribution in [2.45, 2.75) is 45.6 Å². The molecule has 1 aliphatic rings. The molecule has 0 radical (unpaired) electrons. The van der Waals surface area contributed by atoms with Crippen molar-refractivity contribution in [2.75, 3.05) is 11.9 Å². The molecule has 0 aliphatic heterocycles. The first-order chi connectivity index (χ1) is 9.19. The molecule has 1 amide bonds. The van der Waals surface area contributed by atoms with Crippen LogP contribution in [0, 0.1) is 5.92 Å². The number of carbonyl (C=O) groups is 1. The van der Waals surface area contributed by atoms with Gasteiger partial charge in [0.1, 0.15) is 5.82 Å². The second-order valence-electron chi connectivity index (χ2n) is 5.45. The van der Waals surface area contributed by atoms with E-state index in [0.29, 0.717) is 11.6 Å². The smallest absolute Gasteiger partial charge is 0.251 e. The third-order valence-corrected chi connectivity index (χ3v) is 3.61. The SMILES string of the molecule is CCCNc1cc(C(=O)NC2CCC(C)C2)ccn1. The molecule has 2 unspecified atom stereocenters. The van der Waals surface area contributed by atoms with Gasteiger partial charge in [0.25, 0.3) is 5.91 Å². The summed E-state index contributed by atoms with van der Waals surface area (Å²) in [6.07, 6.45) is 6.13. The monoisotopic (exact) mass is 261 g/mol. The lowest BCUT2D eigenvalue weighted by molar-refractivity contribution is 0.0937. The first kappa shape index (κ1) is 13.8. The molecule has 0 saturated heterocycles. The summed E-state index contributed by atoms with van der Waals surface area (Å²) in [6.45, 7) is 5.22. The predicted molar refractivity (Wildman–Crippen MR) is 77.3 cm³/mol. The molecule has 1 aromatic heterocycles. The van der Waals surface area contributed by atoms with Crippen molar-refractivity contribution in [1.82, 2.24) is 10.3 Å². The highest BCUT2D eigenvalue weighted by atomic mass is 16.1. The zero-order valence-corrected chi connectivity index (χ0v) is 11.8. The van der Waals surface area contributed by atoms with Gasteiger partial charge in [-0.3, -0.25) is 4.79 Å². The number of hydrogen-bond acceptors (Lipinski definition) is 3. The van der Waals surface area contributed by atoms with Gasteiger partial charge in [-0.2, -0.15) is 0 Å². The van der Waals surface area contributed by atoms with Crippen LogP contribution < -0.4 is 10.6 Å². The molecular weight excluding hydrogens is 238 g/mol. The molecule has 0 bridgehead atoms. The molecule has 104 valence electrons. The minimum Gasteiger partial charge on any atom is -0.370 e. The minimum absolute atomic E-state index is 0.0149. The first-order valence-corrected chi connectivity index (χ1v) is 7.19. The van der Waals surface area contributed by atoms with Crippen LogP contribution in [-0.2, 0) is 0 Å². The van der Waals surface area contributed by atoms with Crippen molar-refractivity contribution in [3.63, 3.8) is 0 Å². The van der Waals surface area contributed by atoms with Gasteiger partial charge in [-0.15, -0.1) is 0 Å². The highest BCUT2D eigenvalue weighted by molar-refractivity contribution is 5.95. The van der Waals surface area contributed by atoms with E-state index in [-0.39, 0.29) is 5.91 Å². The highest BCUT2D eigenvalue weighted by Crippen LogP contribution is 2.24. The number of pyridine rings is 1. The Morgan fingerprint density at radius 1 is 1.47 bits per heavy atom. The Kier molecular flexibility index (Phi) is 4.77. The van der Waals surface area contributed by atoms with Crippen molar-refractivity contribution in [3.05, 3.63) is 23.9 Å². The lowest BCUT2D eigenvalue weighted by Gasteiger charge is -2.13. The number of amides is 1. The maximum Gasteiger partial charge on any atom is 0.251 e. The summed E-state index contributed by atoms with van der Waals surface area (Å²) in [5, 5.41) is 6.31. The van der Waals surface area contributed by atoms with Crippen molar-refractivity contribution >= 4 is 11.7 Å². The van der Waals surface area contributed by atoms with Gasteiger partial charge in [-0.1, -0.05) is 13.8 Å². The lowest BCUT2D eigenvalue weighted by atomic mass is 10.1. The van der Waals surface area contributed by atoms with Crippen LogP contribution in [0.2, 0.25) is 0 Å². The van der Waals surface area contributed by atoms with Crippen LogP contribution in [0.5, 0.6) is 0 Å². The largest absolute Gasteiger partial charge is 0.370 e. The Bertz CT molecular complexity index is 433. The zero-order chi connectivity index (χ0) is 13.7. The van der Waals surface area contributed by atoms with E-state index in [1.54, 1.807) is 12.3 Å². The molecule has 1 aromatic rings. The summed E-state index contributed by atoms with van der Waals surface area (Å²) in [6, 6.07) is 3.93. The van der Waals surface area contributed by atoms with E-state index in [2.05, 4.69) is 29.5 Å². The maximum atomic E-state index is 12.2. The summed E-state index contributed by atoms with van der Waals surface area (Å²) < 4.78 is 0. The van der Waals surface area contributed by atoms with Crippen LogP contribution in [0.4, 0.5) is 5.82 Å². The van der Waals surface area contributed by atoms with Gasteiger partial charge >= 0.3 is 0 Å². The Morgan fingerprint density at radius 2 is 2.32 bits per heavy atom. The molecule has 4 nitrogen and oxygen atoms in total. The summed E-state index contributed by atoms with van der Waals surface area (Å²) >= 11 is 0. The van der Waals surface area contributed by atoms with Gasteiger partial charge in [-0.25, -0.2) is 4.98 Å². The van der Waals surface area contributed by atoms with E-state index < -0.39 is 0 Å². The number of aromatic nitrogens is 1. The van der Waals surface area contributed by atoms with E-state index >= 15 is 0 Å². The maximum absolute atomic E-state index is 12.2. The van der Waals surface area contributed by atoms with Crippen molar-refractivity contribution < 1.29 is 4.79 Å². The standard InChI is InChI=1S/C15H23N3O/c1-3-7-16-14-10-12(6-8-17-14)15(19)18-13-5-4-11(2)9-13/h6,8,10-11,13H,3-5,7,9H2,1-2H3,(H,16,17)(H,18,19). The van der Waals surface area contributed by atoms with E-state index in [4.69, 9.17) is 0 Å². The van der Waals surface area contributed by atoms with E-state index in [1.807, 2.05) is 6.07 Å². The Morgan fingerprint density at radius 3 is 3.00 bits per heavy atom. The van der Waals surface area contributed by atoms with Crippen LogP contribution in [-0.4, -0.2) is 23.5 Å². The molecule has 1 fully saturated rings. The second-order valence-corrected chi connectivity index (χ2v) is 5.45.